The number of halogens is 3. The molecule has 128 valence electrons. The van der Waals surface area contributed by atoms with Crippen molar-refractivity contribution in [2.24, 2.45) is 5.92 Å². The normalized spacial score (nSPS) is 18.8. The third kappa shape index (κ3) is 4.46. The predicted octanol–water partition coefficient (Wildman–Crippen LogP) is 1.67. The third-order valence-electron chi connectivity index (χ3n) is 3.85. The number of nitrogens with one attached hydrogen (secondary N) is 1. The van der Waals surface area contributed by atoms with Gasteiger partial charge in [-0.05, 0) is 19.8 Å². The highest BCUT2D eigenvalue weighted by molar-refractivity contribution is 5.92. The number of amides is 2. The lowest BCUT2D eigenvalue weighted by Gasteiger charge is -2.34. The summed E-state index contributed by atoms with van der Waals surface area (Å²) in [5.41, 5.74) is 0.306. The summed E-state index contributed by atoms with van der Waals surface area (Å²) in [5, 5.41) is 0. The van der Waals surface area contributed by atoms with E-state index in [9.17, 15) is 22.8 Å². The van der Waals surface area contributed by atoms with Crippen LogP contribution < -0.4 is 0 Å². The van der Waals surface area contributed by atoms with Crippen molar-refractivity contribution in [1.82, 2.24) is 19.8 Å². The van der Waals surface area contributed by atoms with E-state index < -0.39 is 24.5 Å². The Morgan fingerprint density at radius 1 is 1.48 bits per heavy atom. The molecular formula is C14H19F3N4O2. The number of aromatic nitrogens is 2. The molecule has 0 radical (unpaired) electrons. The molecule has 0 spiro atoms. The molecule has 0 aromatic carbocycles. The number of imidazole rings is 1. The quantitative estimate of drug-likeness (QED) is 0.912. The average molecular weight is 332 g/mol. The van der Waals surface area contributed by atoms with Gasteiger partial charge in [0.25, 0.3) is 5.91 Å². The monoisotopic (exact) mass is 332 g/mol. The van der Waals surface area contributed by atoms with Crippen molar-refractivity contribution in [3.63, 3.8) is 0 Å². The summed E-state index contributed by atoms with van der Waals surface area (Å²) in [6.45, 7) is 0.856. The molecule has 6 nitrogen and oxygen atoms in total. The zero-order valence-electron chi connectivity index (χ0n) is 12.8. The van der Waals surface area contributed by atoms with Gasteiger partial charge in [0.2, 0.25) is 5.91 Å². The number of hydrogen-bond donors (Lipinski definition) is 1. The number of nitrogens with zero attached hydrogens (tertiary/aromatic N) is 3. The Bertz CT molecular complexity index is 545. The lowest BCUT2D eigenvalue weighted by molar-refractivity contribution is -0.164. The van der Waals surface area contributed by atoms with E-state index in [1.54, 1.807) is 0 Å². The standard InChI is InChI=1S/C14H19F3N4O2/c1-2-20(8-14(15,16)17)12(22)10-4-3-5-21(7-10)13(23)11-6-18-9-19-11/h6,9-10H,2-5,7-8H2,1H3,(H,18,19)/t10-/m0/s1. The summed E-state index contributed by atoms with van der Waals surface area (Å²) in [6, 6.07) is 0. The van der Waals surface area contributed by atoms with E-state index in [1.165, 1.54) is 24.3 Å². The van der Waals surface area contributed by atoms with Crippen LogP contribution in [0.1, 0.15) is 30.3 Å². The van der Waals surface area contributed by atoms with Gasteiger partial charge in [0, 0.05) is 19.6 Å². The van der Waals surface area contributed by atoms with Gasteiger partial charge in [0.05, 0.1) is 18.4 Å². The Labute approximate surface area is 131 Å². The maximum Gasteiger partial charge on any atom is 0.406 e. The molecule has 1 N–H and O–H groups in total. The van der Waals surface area contributed by atoms with Crippen LogP contribution in [0, 0.1) is 5.92 Å². The van der Waals surface area contributed by atoms with Crippen molar-refractivity contribution < 1.29 is 22.8 Å². The van der Waals surface area contributed by atoms with Crippen LogP contribution in [0.15, 0.2) is 12.5 Å². The fourth-order valence-electron chi connectivity index (χ4n) is 2.73. The number of rotatable bonds is 4. The summed E-state index contributed by atoms with van der Waals surface area (Å²) in [4.78, 5) is 33.3. The van der Waals surface area contributed by atoms with E-state index in [4.69, 9.17) is 0 Å². The molecule has 1 atom stereocenters. The highest BCUT2D eigenvalue weighted by Gasteiger charge is 2.36. The van der Waals surface area contributed by atoms with Crippen molar-refractivity contribution >= 4 is 11.8 Å². The van der Waals surface area contributed by atoms with E-state index in [2.05, 4.69) is 9.97 Å². The van der Waals surface area contributed by atoms with E-state index in [-0.39, 0.29) is 19.0 Å². The van der Waals surface area contributed by atoms with Gasteiger partial charge in [-0.2, -0.15) is 13.2 Å². The minimum atomic E-state index is -4.42. The van der Waals surface area contributed by atoms with Gasteiger partial charge >= 0.3 is 6.18 Å². The second-order valence-electron chi connectivity index (χ2n) is 5.52. The zero-order valence-corrected chi connectivity index (χ0v) is 12.8. The van der Waals surface area contributed by atoms with Crippen LogP contribution in [0.2, 0.25) is 0 Å². The molecule has 2 rings (SSSR count). The van der Waals surface area contributed by atoms with Gasteiger partial charge in [-0.3, -0.25) is 9.59 Å². The molecule has 1 aromatic rings. The molecule has 0 unspecified atom stereocenters. The largest absolute Gasteiger partial charge is 0.406 e. The van der Waals surface area contributed by atoms with Crippen LogP contribution in [0.25, 0.3) is 0 Å². The summed E-state index contributed by atoms with van der Waals surface area (Å²) in [6.07, 6.45) is -0.594. The maximum atomic E-state index is 12.5. The van der Waals surface area contributed by atoms with Crippen LogP contribution in [-0.2, 0) is 4.79 Å². The number of H-pyrrole nitrogens is 1. The molecule has 23 heavy (non-hydrogen) atoms. The first kappa shape index (κ1) is 17.3. The molecular weight excluding hydrogens is 313 g/mol. The molecule has 1 fully saturated rings. The first-order valence-corrected chi connectivity index (χ1v) is 7.45. The summed E-state index contributed by atoms with van der Waals surface area (Å²) in [7, 11) is 0. The number of alkyl halides is 3. The van der Waals surface area contributed by atoms with E-state index in [1.807, 2.05) is 0 Å². The fraction of sp³-hybridized carbons (Fsp3) is 0.643. The first-order chi connectivity index (χ1) is 10.8. The van der Waals surface area contributed by atoms with Gasteiger partial charge in [0.1, 0.15) is 12.2 Å². The number of hydrogen-bond acceptors (Lipinski definition) is 3. The Balaban J connectivity index is 2.02. The molecule has 0 bridgehead atoms. The second kappa shape index (κ2) is 7.01. The van der Waals surface area contributed by atoms with Crippen molar-refractivity contribution in [1.29, 1.82) is 0 Å². The number of piperidine rings is 1. The van der Waals surface area contributed by atoms with Gasteiger partial charge in [0.15, 0.2) is 0 Å². The SMILES string of the molecule is CCN(CC(F)(F)F)C(=O)[C@H]1CCCN(C(=O)c2cnc[nH]2)C1. The molecule has 0 saturated carbocycles. The fourth-order valence-corrected chi connectivity index (χ4v) is 2.73. The second-order valence-corrected chi connectivity index (χ2v) is 5.52. The molecule has 2 amide bonds. The number of carbonyl (C=O) groups excluding carboxylic acids is 2. The Morgan fingerprint density at radius 2 is 2.22 bits per heavy atom. The highest BCUT2D eigenvalue weighted by atomic mass is 19.4. The van der Waals surface area contributed by atoms with Crippen molar-refractivity contribution in [2.45, 2.75) is 25.9 Å². The molecule has 0 aliphatic carbocycles. The minimum Gasteiger partial charge on any atom is -0.341 e. The van der Waals surface area contributed by atoms with Crippen LogP contribution in [0.3, 0.4) is 0 Å². The number of likely N-dealkylation sites (tertiary alicyclic amines) is 1. The molecule has 1 aromatic heterocycles. The van der Waals surface area contributed by atoms with Crippen molar-refractivity contribution in [3.05, 3.63) is 18.2 Å². The lowest BCUT2D eigenvalue weighted by Crippen LogP contribution is -2.48. The van der Waals surface area contributed by atoms with Crippen LogP contribution in [-0.4, -0.2) is 63.9 Å². The third-order valence-corrected chi connectivity index (χ3v) is 3.85. The minimum absolute atomic E-state index is 0.0106. The topological polar surface area (TPSA) is 69.3 Å². The van der Waals surface area contributed by atoms with E-state index in [0.29, 0.717) is 25.1 Å². The van der Waals surface area contributed by atoms with Crippen molar-refractivity contribution in [2.75, 3.05) is 26.2 Å². The Morgan fingerprint density at radius 3 is 2.78 bits per heavy atom. The summed E-state index contributed by atoms with van der Waals surface area (Å²) < 4.78 is 37.6. The Hall–Kier alpha value is -2.06. The first-order valence-electron chi connectivity index (χ1n) is 7.45. The van der Waals surface area contributed by atoms with Crippen LogP contribution >= 0.6 is 0 Å². The number of aromatic amines is 1. The summed E-state index contributed by atoms with van der Waals surface area (Å²) in [5.74, 6) is -1.44. The lowest BCUT2D eigenvalue weighted by atomic mass is 9.96. The maximum absolute atomic E-state index is 12.5. The Kier molecular flexibility index (Phi) is 5.27. The van der Waals surface area contributed by atoms with Crippen LogP contribution in [0.4, 0.5) is 13.2 Å². The summed E-state index contributed by atoms with van der Waals surface area (Å²) >= 11 is 0. The average Bonchev–Trinajstić information content (AvgIpc) is 3.05. The molecule has 1 saturated heterocycles. The highest BCUT2D eigenvalue weighted by Crippen LogP contribution is 2.23. The predicted molar refractivity (Wildman–Crippen MR) is 75.5 cm³/mol. The molecule has 9 heteroatoms. The zero-order chi connectivity index (χ0) is 17.0. The van der Waals surface area contributed by atoms with Crippen molar-refractivity contribution in [3.8, 4) is 0 Å². The van der Waals surface area contributed by atoms with E-state index in [0.717, 1.165) is 4.90 Å². The van der Waals surface area contributed by atoms with Crippen LogP contribution in [0.5, 0.6) is 0 Å². The van der Waals surface area contributed by atoms with E-state index >= 15 is 0 Å². The van der Waals surface area contributed by atoms with Gasteiger partial charge < -0.3 is 14.8 Å². The van der Waals surface area contributed by atoms with Gasteiger partial charge in [-0.1, -0.05) is 0 Å². The van der Waals surface area contributed by atoms with Gasteiger partial charge in [-0.15, -0.1) is 0 Å². The molecule has 2 heterocycles. The number of carbonyl (C=O) groups is 2. The smallest absolute Gasteiger partial charge is 0.341 e. The van der Waals surface area contributed by atoms with Gasteiger partial charge in [-0.25, -0.2) is 4.98 Å². The molecule has 1 aliphatic rings. The molecule has 1 aliphatic heterocycles.